The first-order valence-corrected chi connectivity index (χ1v) is 7.39. The second-order valence-electron chi connectivity index (χ2n) is 5.52. The van der Waals surface area contributed by atoms with Gasteiger partial charge in [0.15, 0.2) is 0 Å². The van der Waals surface area contributed by atoms with Crippen LogP contribution in [0.4, 0.5) is 5.69 Å². The summed E-state index contributed by atoms with van der Waals surface area (Å²) in [6.07, 6.45) is 6.69. The summed E-state index contributed by atoms with van der Waals surface area (Å²) >= 11 is 0. The van der Waals surface area contributed by atoms with E-state index < -0.39 is 0 Å². The van der Waals surface area contributed by atoms with E-state index in [1.807, 2.05) is 36.5 Å². The number of benzene rings is 1. The highest BCUT2D eigenvalue weighted by atomic mass is 16.1. The minimum Gasteiger partial charge on any atom is -0.330 e. The number of aromatic nitrogens is 2. The molecule has 1 amide bonds. The van der Waals surface area contributed by atoms with Crippen LogP contribution in [0.3, 0.4) is 0 Å². The molecular weight excluding hydrogens is 264 g/mol. The molecule has 1 fully saturated rings. The van der Waals surface area contributed by atoms with Crippen molar-refractivity contribution >= 4 is 11.6 Å². The van der Waals surface area contributed by atoms with E-state index in [0.717, 1.165) is 30.6 Å². The number of rotatable bonds is 4. The summed E-state index contributed by atoms with van der Waals surface area (Å²) in [4.78, 5) is 12.4. The number of anilines is 1. The Morgan fingerprint density at radius 2 is 2.29 bits per heavy atom. The molecule has 1 aliphatic carbocycles. The zero-order valence-corrected chi connectivity index (χ0v) is 11.9. The van der Waals surface area contributed by atoms with Crippen LogP contribution in [0.1, 0.15) is 19.3 Å². The summed E-state index contributed by atoms with van der Waals surface area (Å²) in [6, 6.07) is 9.58. The molecule has 1 aliphatic rings. The van der Waals surface area contributed by atoms with E-state index in [9.17, 15) is 4.79 Å². The molecule has 1 heterocycles. The Bertz CT molecular complexity index is 608. The van der Waals surface area contributed by atoms with E-state index in [0.29, 0.717) is 12.5 Å². The van der Waals surface area contributed by atoms with Gasteiger partial charge >= 0.3 is 0 Å². The average molecular weight is 284 g/mol. The van der Waals surface area contributed by atoms with Gasteiger partial charge in [0.05, 0.1) is 5.69 Å². The lowest BCUT2D eigenvalue weighted by Gasteiger charge is -2.17. The van der Waals surface area contributed by atoms with Crippen LogP contribution < -0.4 is 11.1 Å². The van der Waals surface area contributed by atoms with Gasteiger partial charge in [0.2, 0.25) is 5.91 Å². The molecule has 5 nitrogen and oxygen atoms in total. The average Bonchev–Trinajstić information content (AvgIpc) is 3.18. The summed E-state index contributed by atoms with van der Waals surface area (Å²) in [5.41, 5.74) is 7.48. The molecule has 0 aliphatic heterocycles. The normalized spacial score (nSPS) is 21.4. The number of carbonyl (C=O) groups is 1. The second-order valence-corrected chi connectivity index (χ2v) is 5.52. The molecule has 0 spiro atoms. The minimum absolute atomic E-state index is 0.0448. The lowest BCUT2D eigenvalue weighted by atomic mass is 9.95. The molecular formula is C16H20N4O. The molecule has 1 saturated carbocycles. The van der Waals surface area contributed by atoms with Crippen molar-refractivity contribution in [3.8, 4) is 5.69 Å². The van der Waals surface area contributed by atoms with E-state index in [1.54, 1.807) is 10.9 Å². The number of nitrogens with one attached hydrogen (secondary N) is 1. The first-order chi connectivity index (χ1) is 10.3. The van der Waals surface area contributed by atoms with Gasteiger partial charge in [-0.1, -0.05) is 12.5 Å². The van der Waals surface area contributed by atoms with E-state index >= 15 is 0 Å². The maximum absolute atomic E-state index is 12.4. The van der Waals surface area contributed by atoms with Gasteiger partial charge < -0.3 is 11.1 Å². The SMILES string of the molecule is NC[C@H]1CCC[C@H]1C(=O)Nc1cccc(-n2cccn2)c1. The third kappa shape index (κ3) is 2.97. The second kappa shape index (κ2) is 6.10. The molecule has 21 heavy (non-hydrogen) atoms. The zero-order chi connectivity index (χ0) is 14.7. The Morgan fingerprint density at radius 1 is 1.38 bits per heavy atom. The number of nitrogens with two attached hydrogens (primary N) is 1. The van der Waals surface area contributed by atoms with Crippen LogP contribution >= 0.6 is 0 Å². The monoisotopic (exact) mass is 284 g/mol. The van der Waals surface area contributed by atoms with Crippen LogP contribution in [0.2, 0.25) is 0 Å². The van der Waals surface area contributed by atoms with Gasteiger partial charge in [-0.25, -0.2) is 4.68 Å². The van der Waals surface area contributed by atoms with Crippen LogP contribution in [0.5, 0.6) is 0 Å². The number of carbonyl (C=O) groups excluding carboxylic acids is 1. The van der Waals surface area contributed by atoms with Gasteiger partial charge in [-0.15, -0.1) is 0 Å². The maximum atomic E-state index is 12.4. The van der Waals surface area contributed by atoms with Crippen molar-refractivity contribution in [1.82, 2.24) is 9.78 Å². The van der Waals surface area contributed by atoms with E-state index in [-0.39, 0.29) is 11.8 Å². The van der Waals surface area contributed by atoms with Crippen molar-refractivity contribution in [3.05, 3.63) is 42.7 Å². The van der Waals surface area contributed by atoms with Crippen molar-refractivity contribution in [2.45, 2.75) is 19.3 Å². The van der Waals surface area contributed by atoms with Crippen LogP contribution in [-0.2, 0) is 4.79 Å². The largest absolute Gasteiger partial charge is 0.330 e. The van der Waals surface area contributed by atoms with Gasteiger partial charge in [0.25, 0.3) is 0 Å². The highest BCUT2D eigenvalue weighted by molar-refractivity contribution is 5.93. The third-order valence-corrected chi connectivity index (χ3v) is 4.18. The lowest BCUT2D eigenvalue weighted by Crippen LogP contribution is -2.29. The Hall–Kier alpha value is -2.14. The van der Waals surface area contributed by atoms with E-state index in [2.05, 4.69) is 10.4 Å². The zero-order valence-electron chi connectivity index (χ0n) is 11.9. The number of nitrogens with zero attached hydrogens (tertiary/aromatic N) is 2. The van der Waals surface area contributed by atoms with Crippen molar-refractivity contribution in [1.29, 1.82) is 0 Å². The Morgan fingerprint density at radius 3 is 3.05 bits per heavy atom. The molecule has 1 aromatic carbocycles. The number of amides is 1. The molecule has 1 aromatic heterocycles. The molecule has 2 aromatic rings. The number of hydrogen-bond donors (Lipinski definition) is 2. The smallest absolute Gasteiger partial charge is 0.227 e. The van der Waals surface area contributed by atoms with Gasteiger partial charge in [-0.3, -0.25) is 4.79 Å². The van der Waals surface area contributed by atoms with Gasteiger partial charge in [-0.2, -0.15) is 5.10 Å². The van der Waals surface area contributed by atoms with Crippen LogP contribution in [0.15, 0.2) is 42.7 Å². The van der Waals surface area contributed by atoms with Crippen LogP contribution in [0, 0.1) is 11.8 Å². The molecule has 0 bridgehead atoms. The summed E-state index contributed by atoms with van der Waals surface area (Å²) < 4.78 is 1.77. The van der Waals surface area contributed by atoms with Crippen molar-refractivity contribution in [3.63, 3.8) is 0 Å². The Labute approximate surface area is 124 Å². The van der Waals surface area contributed by atoms with Gasteiger partial charge in [0, 0.05) is 24.0 Å². The van der Waals surface area contributed by atoms with Gasteiger partial charge in [-0.05, 0) is 49.6 Å². The van der Waals surface area contributed by atoms with Crippen LogP contribution in [0.25, 0.3) is 5.69 Å². The molecule has 3 N–H and O–H groups in total. The maximum Gasteiger partial charge on any atom is 0.227 e. The van der Waals surface area contributed by atoms with Gasteiger partial charge in [0.1, 0.15) is 0 Å². The quantitative estimate of drug-likeness (QED) is 0.904. The predicted molar refractivity (Wildman–Crippen MR) is 82.1 cm³/mol. The summed E-state index contributed by atoms with van der Waals surface area (Å²) in [7, 11) is 0. The van der Waals surface area contributed by atoms with Crippen LogP contribution in [-0.4, -0.2) is 22.2 Å². The Balaban J connectivity index is 1.73. The first-order valence-electron chi connectivity index (χ1n) is 7.39. The summed E-state index contributed by atoms with van der Waals surface area (Å²) in [5, 5.41) is 7.21. The van der Waals surface area contributed by atoms with E-state index in [4.69, 9.17) is 5.73 Å². The highest BCUT2D eigenvalue weighted by Gasteiger charge is 2.31. The fourth-order valence-corrected chi connectivity index (χ4v) is 3.05. The van der Waals surface area contributed by atoms with Crippen molar-refractivity contribution < 1.29 is 4.79 Å². The fourth-order valence-electron chi connectivity index (χ4n) is 3.05. The number of hydrogen-bond acceptors (Lipinski definition) is 3. The minimum atomic E-state index is 0.0448. The molecule has 2 atom stereocenters. The summed E-state index contributed by atoms with van der Waals surface area (Å²) in [6.45, 7) is 0.589. The van der Waals surface area contributed by atoms with Crippen molar-refractivity contribution in [2.24, 2.45) is 17.6 Å². The molecule has 0 radical (unpaired) electrons. The molecule has 0 saturated heterocycles. The van der Waals surface area contributed by atoms with Crippen molar-refractivity contribution in [2.75, 3.05) is 11.9 Å². The highest BCUT2D eigenvalue weighted by Crippen LogP contribution is 2.32. The molecule has 5 heteroatoms. The third-order valence-electron chi connectivity index (χ3n) is 4.18. The molecule has 0 unspecified atom stereocenters. The first kappa shape index (κ1) is 13.8. The Kier molecular flexibility index (Phi) is 4.01. The summed E-state index contributed by atoms with van der Waals surface area (Å²) in [5.74, 6) is 0.447. The van der Waals surface area contributed by atoms with E-state index in [1.165, 1.54) is 0 Å². The standard InChI is InChI=1S/C16H20N4O/c17-11-12-4-1-7-15(12)16(21)19-13-5-2-6-14(10-13)20-9-3-8-18-20/h2-3,5-6,8-10,12,15H,1,4,7,11,17H2,(H,19,21)/t12-,15-/m1/s1. The molecule has 110 valence electrons. The fraction of sp³-hybridized carbons (Fsp3) is 0.375. The molecule has 3 rings (SSSR count). The lowest BCUT2D eigenvalue weighted by molar-refractivity contribution is -0.120. The topological polar surface area (TPSA) is 72.9 Å². The predicted octanol–water partition coefficient (Wildman–Crippen LogP) is 2.19.